The maximum atomic E-state index is 13.1. The standard InChI is InChI=1S/C22H30N6O3S2/c29-21(16-32-22-23-24-25-28(22)19-7-2-1-3-8-19)26-11-13-27(14-12-26)33(30,31)20-10-9-17-5-4-6-18(17)15-20/h9-10,15,19H,1-8,11-14,16H2. The largest absolute Gasteiger partial charge is 0.339 e. The van der Waals surface area contributed by atoms with Crippen LogP contribution in [0, 0.1) is 0 Å². The van der Waals surface area contributed by atoms with Crippen LogP contribution in [0.4, 0.5) is 0 Å². The number of aromatic nitrogens is 4. The molecule has 1 saturated heterocycles. The first-order valence-electron chi connectivity index (χ1n) is 11.8. The number of carbonyl (C=O) groups excluding carboxylic acids is 1. The van der Waals surface area contributed by atoms with E-state index in [1.165, 1.54) is 40.9 Å². The number of rotatable bonds is 6. The zero-order valence-electron chi connectivity index (χ0n) is 18.7. The molecule has 1 amide bonds. The van der Waals surface area contributed by atoms with Crippen LogP contribution >= 0.6 is 11.8 Å². The van der Waals surface area contributed by atoms with Crippen LogP contribution < -0.4 is 0 Å². The minimum absolute atomic E-state index is 0.00669. The molecule has 2 fully saturated rings. The molecule has 2 heterocycles. The van der Waals surface area contributed by atoms with Gasteiger partial charge in [0.1, 0.15) is 0 Å². The summed E-state index contributed by atoms with van der Waals surface area (Å²) in [6.45, 7) is 1.43. The predicted molar refractivity (Wildman–Crippen MR) is 124 cm³/mol. The molecule has 5 rings (SSSR count). The van der Waals surface area contributed by atoms with E-state index in [2.05, 4.69) is 15.5 Å². The smallest absolute Gasteiger partial charge is 0.243 e. The number of nitrogens with zero attached hydrogens (tertiary/aromatic N) is 6. The van der Waals surface area contributed by atoms with Crippen molar-refractivity contribution in [1.82, 2.24) is 29.4 Å². The van der Waals surface area contributed by atoms with E-state index in [0.29, 0.717) is 42.3 Å². The summed E-state index contributed by atoms with van der Waals surface area (Å²) in [5.74, 6) is 0.248. The molecule has 0 atom stereocenters. The summed E-state index contributed by atoms with van der Waals surface area (Å²) >= 11 is 1.37. The summed E-state index contributed by atoms with van der Waals surface area (Å²) in [5.41, 5.74) is 2.41. The van der Waals surface area contributed by atoms with Gasteiger partial charge in [0, 0.05) is 26.2 Å². The summed E-state index contributed by atoms with van der Waals surface area (Å²) in [5, 5.41) is 12.8. The summed E-state index contributed by atoms with van der Waals surface area (Å²) in [6, 6.07) is 5.83. The predicted octanol–water partition coefficient (Wildman–Crippen LogP) is 2.29. The molecule has 1 saturated carbocycles. The van der Waals surface area contributed by atoms with E-state index in [1.807, 2.05) is 16.8 Å². The molecule has 1 aromatic carbocycles. The maximum absolute atomic E-state index is 13.1. The lowest BCUT2D eigenvalue weighted by molar-refractivity contribution is -0.129. The van der Waals surface area contributed by atoms with Crippen molar-refractivity contribution in [2.75, 3.05) is 31.9 Å². The number of amides is 1. The number of aryl methyl sites for hydroxylation is 2. The van der Waals surface area contributed by atoms with Gasteiger partial charge in [-0.3, -0.25) is 4.79 Å². The van der Waals surface area contributed by atoms with Crippen LogP contribution in [0.5, 0.6) is 0 Å². The molecule has 2 aromatic rings. The third-order valence-electron chi connectivity index (χ3n) is 7.01. The molecule has 0 spiro atoms. The molecule has 1 aromatic heterocycles. The number of benzene rings is 1. The molecule has 0 N–H and O–H groups in total. The normalized spacial score (nSPS) is 20.2. The Bertz CT molecular complexity index is 1110. The van der Waals surface area contributed by atoms with E-state index in [0.717, 1.165) is 37.7 Å². The van der Waals surface area contributed by atoms with Crippen LogP contribution in [0.1, 0.15) is 55.7 Å². The minimum Gasteiger partial charge on any atom is -0.339 e. The van der Waals surface area contributed by atoms with Gasteiger partial charge in [0.15, 0.2) is 0 Å². The summed E-state index contributed by atoms with van der Waals surface area (Å²) in [6.07, 6.45) is 8.85. The number of carbonyl (C=O) groups is 1. The van der Waals surface area contributed by atoms with Crippen molar-refractivity contribution in [3.63, 3.8) is 0 Å². The highest BCUT2D eigenvalue weighted by molar-refractivity contribution is 7.99. The molecule has 33 heavy (non-hydrogen) atoms. The lowest BCUT2D eigenvalue weighted by Crippen LogP contribution is -2.51. The van der Waals surface area contributed by atoms with Crippen molar-refractivity contribution in [3.8, 4) is 0 Å². The van der Waals surface area contributed by atoms with E-state index in [4.69, 9.17) is 0 Å². The molecule has 0 unspecified atom stereocenters. The Morgan fingerprint density at radius 1 is 1.00 bits per heavy atom. The second kappa shape index (κ2) is 9.71. The Kier molecular flexibility index (Phi) is 6.71. The average molecular weight is 491 g/mol. The fourth-order valence-electron chi connectivity index (χ4n) is 5.09. The monoisotopic (exact) mass is 490 g/mol. The molecule has 0 bridgehead atoms. The zero-order chi connectivity index (χ0) is 22.8. The van der Waals surface area contributed by atoms with Crippen molar-refractivity contribution in [3.05, 3.63) is 29.3 Å². The van der Waals surface area contributed by atoms with Crippen LogP contribution in [0.3, 0.4) is 0 Å². The van der Waals surface area contributed by atoms with E-state index < -0.39 is 10.0 Å². The Morgan fingerprint density at radius 2 is 1.76 bits per heavy atom. The number of piperazine rings is 1. The lowest BCUT2D eigenvalue weighted by atomic mass is 9.96. The number of tetrazole rings is 1. The lowest BCUT2D eigenvalue weighted by Gasteiger charge is -2.34. The van der Waals surface area contributed by atoms with Crippen molar-refractivity contribution < 1.29 is 13.2 Å². The molecular formula is C22H30N6O3S2. The van der Waals surface area contributed by atoms with Gasteiger partial charge in [-0.25, -0.2) is 13.1 Å². The Morgan fingerprint density at radius 3 is 2.55 bits per heavy atom. The van der Waals surface area contributed by atoms with Gasteiger partial charge in [-0.2, -0.15) is 4.31 Å². The summed E-state index contributed by atoms with van der Waals surface area (Å²) in [4.78, 5) is 14.9. The molecular weight excluding hydrogens is 460 g/mol. The van der Waals surface area contributed by atoms with Crippen LogP contribution in [-0.2, 0) is 27.7 Å². The number of fused-ring (bicyclic) bond motifs is 1. The molecule has 178 valence electrons. The number of thioether (sulfide) groups is 1. The molecule has 0 radical (unpaired) electrons. The Hall–Kier alpha value is -1.98. The molecule has 11 heteroatoms. The van der Waals surface area contributed by atoms with E-state index in [1.54, 1.807) is 11.0 Å². The second-order valence-electron chi connectivity index (χ2n) is 9.06. The SMILES string of the molecule is O=C(CSc1nnnn1C1CCCCC1)N1CCN(S(=O)(=O)c2ccc3c(c2)CCC3)CC1. The first kappa shape index (κ1) is 22.8. The maximum Gasteiger partial charge on any atom is 0.243 e. The third-order valence-corrected chi connectivity index (χ3v) is 9.82. The molecule has 2 aliphatic carbocycles. The third kappa shape index (κ3) is 4.81. The Labute approximate surface area is 198 Å². The van der Waals surface area contributed by atoms with Gasteiger partial charge in [0.2, 0.25) is 21.1 Å². The van der Waals surface area contributed by atoms with Gasteiger partial charge in [-0.1, -0.05) is 37.1 Å². The quantitative estimate of drug-likeness (QED) is 0.573. The average Bonchev–Trinajstić information content (AvgIpc) is 3.52. The summed E-state index contributed by atoms with van der Waals surface area (Å²) < 4.78 is 29.6. The fourth-order valence-corrected chi connectivity index (χ4v) is 7.41. The van der Waals surface area contributed by atoms with Crippen molar-refractivity contribution in [1.29, 1.82) is 0 Å². The van der Waals surface area contributed by atoms with Gasteiger partial charge in [-0.15, -0.1) is 5.10 Å². The van der Waals surface area contributed by atoms with Gasteiger partial charge < -0.3 is 4.90 Å². The first-order chi connectivity index (χ1) is 16.0. The highest BCUT2D eigenvalue weighted by Gasteiger charge is 2.31. The fraction of sp³-hybridized carbons (Fsp3) is 0.636. The molecule has 1 aliphatic heterocycles. The second-order valence-corrected chi connectivity index (χ2v) is 11.9. The number of sulfonamides is 1. The van der Waals surface area contributed by atoms with E-state index >= 15 is 0 Å². The van der Waals surface area contributed by atoms with Crippen LogP contribution in [-0.4, -0.2) is 75.7 Å². The minimum atomic E-state index is -3.54. The van der Waals surface area contributed by atoms with Gasteiger partial charge in [0.25, 0.3) is 0 Å². The van der Waals surface area contributed by atoms with Gasteiger partial charge in [-0.05, 0) is 65.8 Å². The van der Waals surface area contributed by atoms with Gasteiger partial charge >= 0.3 is 0 Å². The topological polar surface area (TPSA) is 101 Å². The van der Waals surface area contributed by atoms with Crippen LogP contribution in [0.15, 0.2) is 28.3 Å². The molecule has 3 aliphatic rings. The highest BCUT2D eigenvalue weighted by Crippen LogP contribution is 2.30. The number of hydrogen-bond acceptors (Lipinski definition) is 7. The summed E-state index contributed by atoms with van der Waals surface area (Å²) in [7, 11) is -3.54. The Balaban J connectivity index is 1.15. The van der Waals surface area contributed by atoms with Crippen molar-refractivity contribution in [2.24, 2.45) is 0 Å². The van der Waals surface area contributed by atoms with Crippen molar-refractivity contribution >= 4 is 27.7 Å². The van der Waals surface area contributed by atoms with E-state index in [9.17, 15) is 13.2 Å². The number of hydrogen-bond donors (Lipinski definition) is 0. The molecule has 9 nitrogen and oxygen atoms in total. The van der Waals surface area contributed by atoms with Crippen molar-refractivity contribution in [2.45, 2.75) is 67.5 Å². The first-order valence-corrected chi connectivity index (χ1v) is 14.3. The van der Waals surface area contributed by atoms with Gasteiger partial charge in [0.05, 0.1) is 16.7 Å². The zero-order valence-corrected chi connectivity index (χ0v) is 20.4. The van der Waals surface area contributed by atoms with E-state index in [-0.39, 0.29) is 11.7 Å². The van der Waals surface area contributed by atoms with Crippen LogP contribution in [0.25, 0.3) is 0 Å². The highest BCUT2D eigenvalue weighted by atomic mass is 32.2. The van der Waals surface area contributed by atoms with Crippen LogP contribution in [0.2, 0.25) is 0 Å².